The topological polar surface area (TPSA) is 0 Å². The van der Waals surface area contributed by atoms with Crippen molar-refractivity contribution in [2.24, 2.45) is 0 Å². The second-order valence-electron chi connectivity index (χ2n) is 2.40. The fourth-order valence-electron chi connectivity index (χ4n) is 0.738. The molecule has 0 nitrogen and oxygen atoms in total. The first kappa shape index (κ1) is 12.4. The van der Waals surface area contributed by atoms with Gasteiger partial charge >= 0.3 is 5.51 Å². The fraction of sp³-hybridized carbons (Fsp3) is 1.00. The molecule has 0 aliphatic heterocycles. The van der Waals surface area contributed by atoms with Gasteiger partial charge in [-0.15, -0.1) is 11.6 Å². The zero-order valence-corrected chi connectivity index (χ0v) is 8.24. The molecule has 0 rings (SSSR count). The SMILES string of the molecule is FC(F)(F)SCCCCCCCl. The van der Waals surface area contributed by atoms with E-state index in [1.54, 1.807) is 0 Å². The quantitative estimate of drug-likeness (QED) is 0.481. The molecule has 5 heteroatoms. The average Bonchev–Trinajstić information content (AvgIpc) is 1.94. The van der Waals surface area contributed by atoms with Crippen molar-refractivity contribution < 1.29 is 13.2 Å². The molecule has 0 radical (unpaired) electrons. The van der Waals surface area contributed by atoms with Gasteiger partial charge in [-0.1, -0.05) is 24.6 Å². The Kier molecular flexibility index (Phi) is 7.14. The summed E-state index contributed by atoms with van der Waals surface area (Å²) in [5, 5.41) is 0. The fourth-order valence-corrected chi connectivity index (χ4v) is 1.51. The molecule has 0 aliphatic carbocycles. The van der Waals surface area contributed by atoms with Crippen LogP contribution in [0.4, 0.5) is 13.2 Å². The van der Waals surface area contributed by atoms with E-state index in [1.807, 2.05) is 0 Å². The molecule has 0 saturated carbocycles. The highest BCUT2D eigenvalue weighted by Gasteiger charge is 2.27. The summed E-state index contributed by atoms with van der Waals surface area (Å²) in [4.78, 5) is 0. The number of thioether (sulfide) groups is 1. The minimum Gasteiger partial charge on any atom is -0.160 e. The summed E-state index contributed by atoms with van der Waals surface area (Å²) in [6.07, 6.45) is 3.30. The molecule has 0 fully saturated rings. The predicted molar refractivity (Wildman–Crippen MR) is 47.7 cm³/mol. The summed E-state index contributed by atoms with van der Waals surface area (Å²) >= 11 is 5.46. The number of halogens is 4. The molecule has 0 N–H and O–H groups in total. The Morgan fingerprint density at radius 1 is 1.00 bits per heavy atom. The molecule has 0 saturated heterocycles. The van der Waals surface area contributed by atoms with Crippen LogP contribution < -0.4 is 0 Å². The normalized spacial score (nSPS) is 12.0. The predicted octanol–water partition coefficient (Wildman–Crippen LogP) is 4.04. The number of rotatable bonds is 6. The first-order valence-electron chi connectivity index (χ1n) is 3.83. The molecular formula is C7H12ClF3S. The second-order valence-corrected chi connectivity index (χ2v) is 3.94. The van der Waals surface area contributed by atoms with Crippen LogP contribution in [0, 0.1) is 0 Å². The van der Waals surface area contributed by atoms with E-state index in [0.717, 1.165) is 19.3 Å². The standard InChI is InChI=1S/C7H12ClF3S/c8-5-3-1-2-4-6-12-7(9,10)11/h1-6H2. The molecule has 0 spiro atoms. The third-order valence-corrected chi connectivity index (χ3v) is 2.38. The van der Waals surface area contributed by atoms with Gasteiger partial charge in [-0.05, 0) is 12.8 Å². The maximum atomic E-state index is 11.6. The van der Waals surface area contributed by atoms with Gasteiger partial charge in [0.2, 0.25) is 0 Å². The van der Waals surface area contributed by atoms with E-state index in [2.05, 4.69) is 0 Å². The van der Waals surface area contributed by atoms with Crippen LogP contribution in [-0.2, 0) is 0 Å². The summed E-state index contributed by atoms with van der Waals surface area (Å²) in [7, 11) is 0. The van der Waals surface area contributed by atoms with Crippen LogP contribution in [0.1, 0.15) is 25.7 Å². The van der Waals surface area contributed by atoms with Crippen molar-refractivity contribution in [3.05, 3.63) is 0 Å². The van der Waals surface area contributed by atoms with Crippen LogP contribution in [0.5, 0.6) is 0 Å². The maximum Gasteiger partial charge on any atom is 0.441 e. The van der Waals surface area contributed by atoms with Crippen LogP contribution >= 0.6 is 23.4 Å². The summed E-state index contributed by atoms with van der Waals surface area (Å²) < 4.78 is 34.7. The number of unbranched alkanes of at least 4 members (excludes halogenated alkanes) is 3. The van der Waals surface area contributed by atoms with Gasteiger partial charge in [0.25, 0.3) is 0 Å². The summed E-state index contributed by atoms with van der Waals surface area (Å²) in [6.45, 7) is 0. The largest absolute Gasteiger partial charge is 0.441 e. The van der Waals surface area contributed by atoms with Gasteiger partial charge in [0.05, 0.1) is 0 Å². The molecule has 0 atom stereocenters. The Morgan fingerprint density at radius 3 is 2.08 bits per heavy atom. The Labute approximate surface area is 79.9 Å². The maximum absolute atomic E-state index is 11.6. The van der Waals surface area contributed by atoms with E-state index in [9.17, 15) is 13.2 Å². The third kappa shape index (κ3) is 10.4. The van der Waals surface area contributed by atoms with E-state index >= 15 is 0 Å². The Balaban J connectivity index is 3.01. The van der Waals surface area contributed by atoms with Gasteiger partial charge in [-0.2, -0.15) is 13.2 Å². The molecule has 0 unspecified atom stereocenters. The first-order chi connectivity index (χ1) is 5.56. The molecular weight excluding hydrogens is 209 g/mol. The summed E-state index contributed by atoms with van der Waals surface area (Å²) in [5.41, 5.74) is -4.06. The Bertz CT molecular complexity index is 105. The number of hydrogen-bond acceptors (Lipinski definition) is 1. The van der Waals surface area contributed by atoms with E-state index in [4.69, 9.17) is 11.6 Å². The van der Waals surface area contributed by atoms with E-state index < -0.39 is 5.51 Å². The van der Waals surface area contributed by atoms with Crippen molar-refractivity contribution in [3.8, 4) is 0 Å². The highest BCUT2D eigenvalue weighted by atomic mass is 35.5. The van der Waals surface area contributed by atoms with Gasteiger partial charge in [-0.3, -0.25) is 0 Å². The van der Waals surface area contributed by atoms with Crippen molar-refractivity contribution in [2.45, 2.75) is 31.2 Å². The van der Waals surface area contributed by atoms with Crippen LogP contribution in [0.15, 0.2) is 0 Å². The van der Waals surface area contributed by atoms with E-state index in [-0.39, 0.29) is 17.5 Å². The van der Waals surface area contributed by atoms with Gasteiger partial charge in [0.1, 0.15) is 0 Å². The van der Waals surface area contributed by atoms with Crippen LogP contribution in [-0.4, -0.2) is 17.1 Å². The molecule has 0 aliphatic rings. The van der Waals surface area contributed by atoms with Crippen molar-refractivity contribution in [1.82, 2.24) is 0 Å². The first-order valence-corrected chi connectivity index (χ1v) is 5.35. The van der Waals surface area contributed by atoms with Crippen LogP contribution in [0.25, 0.3) is 0 Å². The molecule has 74 valence electrons. The molecule has 0 bridgehead atoms. The highest BCUT2D eigenvalue weighted by molar-refractivity contribution is 8.00. The lowest BCUT2D eigenvalue weighted by atomic mass is 10.2. The molecule has 0 aromatic carbocycles. The van der Waals surface area contributed by atoms with E-state index in [0.29, 0.717) is 12.3 Å². The molecule has 0 heterocycles. The molecule has 12 heavy (non-hydrogen) atoms. The lowest BCUT2D eigenvalue weighted by Gasteiger charge is -2.04. The zero-order valence-electron chi connectivity index (χ0n) is 6.66. The Morgan fingerprint density at radius 2 is 1.58 bits per heavy atom. The lowest BCUT2D eigenvalue weighted by Crippen LogP contribution is -2.01. The second kappa shape index (κ2) is 6.89. The van der Waals surface area contributed by atoms with E-state index in [1.165, 1.54) is 0 Å². The zero-order chi connectivity index (χ0) is 9.45. The van der Waals surface area contributed by atoms with Crippen molar-refractivity contribution in [1.29, 1.82) is 0 Å². The van der Waals surface area contributed by atoms with Crippen molar-refractivity contribution in [3.63, 3.8) is 0 Å². The summed E-state index contributed by atoms with van der Waals surface area (Å²) in [5.74, 6) is 0.776. The van der Waals surface area contributed by atoms with Gasteiger partial charge < -0.3 is 0 Å². The number of alkyl halides is 4. The lowest BCUT2D eigenvalue weighted by molar-refractivity contribution is -0.0328. The third-order valence-electron chi connectivity index (χ3n) is 1.29. The monoisotopic (exact) mass is 220 g/mol. The summed E-state index contributed by atoms with van der Waals surface area (Å²) in [6, 6.07) is 0. The molecule has 0 amide bonds. The van der Waals surface area contributed by atoms with Gasteiger partial charge in [0.15, 0.2) is 0 Å². The minimum atomic E-state index is -4.06. The smallest absolute Gasteiger partial charge is 0.160 e. The van der Waals surface area contributed by atoms with Crippen molar-refractivity contribution >= 4 is 23.4 Å². The molecule has 0 aromatic rings. The molecule has 0 aromatic heterocycles. The van der Waals surface area contributed by atoms with Gasteiger partial charge in [-0.25, -0.2) is 0 Å². The minimum absolute atomic E-state index is 0.0586. The van der Waals surface area contributed by atoms with Crippen molar-refractivity contribution in [2.75, 3.05) is 11.6 Å². The van der Waals surface area contributed by atoms with Crippen LogP contribution in [0.3, 0.4) is 0 Å². The highest BCUT2D eigenvalue weighted by Crippen LogP contribution is 2.30. The Hall–Kier alpha value is 0.430. The van der Waals surface area contributed by atoms with Gasteiger partial charge in [0, 0.05) is 11.6 Å². The number of hydrogen-bond donors (Lipinski definition) is 0. The average molecular weight is 221 g/mol. The van der Waals surface area contributed by atoms with Crippen LogP contribution in [0.2, 0.25) is 0 Å².